The van der Waals surface area contributed by atoms with Crippen molar-refractivity contribution in [1.29, 1.82) is 0 Å². The van der Waals surface area contributed by atoms with E-state index in [0.29, 0.717) is 10.5 Å². The number of anilines is 1. The van der Waals surface area contributed by atoms with Gasteiger partial charge in [0.25, 0.3) is 11.8 Å². The number of nitrogens with zero attached hydrogens (tertiary/aromatic N) is 1. The summed E-state index contributed by atoms with van der Waals surface area (Å²) < 4.78 is 25.8. The number of amides is 4. The monoisotopic (exact) mass is 558 g/mol. The Hall–Kier alpha value is -3.69. The highest BCUT2D eigenvalue weighted by molar-refractivity contribution is 9.10. The average molecular weight is 560 g/mol. The standard InChI is InChI=1S/C25H17BrClFN2O5/c1-34-21-11-15(10-20(27)22(21)35-13-14-5-7-16(26)8-6-14)9-19-23(31)29-25(33)30(24(19)32)18-4-2-3-17(28)12-18/h2-12H,13H2,1H3,(H,29,31,33)/b19-9+. The molecule has 4 amide bonds. The van der Waals surface area contributed by atoms with Crippen LogP contribution in [-0.2, 0) is 16.2 Å². The number of methoxy groups -OCH3 is 1. The van der Waals surface area contributed by atoms with Gasteiger partial charge in [-0.2, -0.15) is 0 Å². The van der Waals surface area contributed by atoms with Gasteiger partial charge in [-0.3, -0.25) is 14.9 Å². The van der Waals surface area contributed by atoms with Crippen LogP contribution in [0.5, 0.6) is 11.5 Å². The lowest BCUT2D eigenvalue weighted by Crippen LogP contribution is -2.54. The number of hydrogen-bond donors (Lipinski definition) is 1. The molecule has 0 atom stereocenters. The molecule has 0 saturated carbocycles. The van der Waals surface area contributed by atoms with Gasteiger partial charge in [0, 0.05) is 4.47 Å². The normalized spacial score (nSPS) is 14.8. The van der Waals surface area contributed by atoms with Crippen LogP contribution >= 0.6 is 27.5 Å². The van der Waals surface area contributed by atoms with Gasteiger partial charge in [0.2, 0.25) is 0 Å². The van der Waals surface area contributed by atoms with Gasteiger partial charge in [0.05, 0.1) is 17.8 Å². The number of benzene rings is 3. The van der Waals surface area contributed by atoms with Crippen molar-refractivity contribution in [3.05, 3.63) is 92.7 Å². The fourth-order valence-electron chi connectivity index (χ4n) is 3.37. The van der Waals surface area contributed by atoms with Crippen LogP contribution in [0.15, 0.2) is 70.7 Å². The molecule has 0 radical (unpaired) electrons. The second-order valence-electron chi connectivity index (χ2n) is 7.39. The van der Waals surface area contributed by atoms with Crippen LogP contribution < -0.4 is 19.7 Å². The predicted molar refractivity (Wildman–Crippen MR) is 132 cm³/mol. The highest BCUT2D eigenvalue weighted by atomic mass is 79.9. The molecule has 0 bridgehead atoms. The second kappa shape index (κ2) is 10.3. The summed E-state index contributed by atoms with van der Waals surface area (Å²) in [6.07, 6.45) is 1.27. The second-order valence-corrected chi connectivity index (χ2v) is 8.71. The number of hydrogen-bond acceptors (Lipinski definition) is 5. The van der Waals surface area contributed by atoms with Gasteiger partial charge in [-0.25, -0.2) is 14.1 Å². The maximum absolute atomic E-state index is 13.7. The minimum atomic E-state index is -0.977. The van der Waals surface area contributed by atoms with E-state index in [-0.39, 0.29) is 34.4 Å². The zero-order chi connectivity index (χ0) is 25.1. The van der Waals surface area contributed by atoms with Crippen LogP contribution in [0.3, 0.4) is 0 Å². The number of halogens is 3. The van der Waals surface area contributed by atoms with E-state index in [9.17, 15) is 18.8 Å². The number of nitrogens with one attached hydrogen (secondary N) is 1. The fourth-order valence-corrected chi connectivity index (χ4v) is 3.91. The molecule has 1 saturated heterocycles. The minimum absolute atomic E-state index is 0.0156. The maximum Gasteiger partial charge on any atom is 0.335 e. The molecule has 0 aliphatic carbocycles. The molecule has 1 heterocycles. The summed E-state index contributed by atoms with van der Waals surface area (Å²) in [5.41, 5.74) is 0.910. The molecule has 35 heavy (non-hydrogen) atoms. The van der Waals surface area contributed by atoms with Gasteiger partial charge < -0.3 is 9.47 Å². The van der Waals surface area contributed by atoms with Crippen LogP contribution in [-0.4, -0.2) is 25.0 Å². The van der Waals surface area contributed by atoms with Crippen molar-refractivity contribution in [3.63, 3.8) is 0 Å². The molecule has 0 spiro atoms. The molecule has 1 fully saturated rings. The molecule has 3 aromatic carbocycles. The van der Waals surface area contributed by atoms with E-state index >= 15 is 0 Å². The van der Waals surface area contributed by atoms with Crippen molar-refractivity contribution >= 4 is 57.1 Å². The van der Waals surface area contributed by atoms with Crippen molar-refractivity contribution in [3.8, 4) is 11.5 Å². The van der Waals surface area contributed by atoms with Crippen molar-refractivity contribution in [2.75, 3.05) is 12.0 Å². The van der Waals surface area contributed by atoms with Gasteiger partial charge in [-0.1, -0.05) is 45.7 Å². The number of barbiturate groups is 1. The summed E-state index contributed by atoms with van der Waals surface area (Å²) in [6, 6.07) is 14.5. The molecule has 1 aliphatic rings. The van der Waals surface area contributed by atoms with E-state index in [1.807, 2.05) is 24.3 Å². The topological polar surface area (TPSA) is 84.9 Å². The molecule has 1 N–H and O–H groups in total. The molecule has 178 valence electrons. The number of imide groups is 2. The summed E-state index contributed by atoms with van der Waals surface area (Å²) in [5.74, 6) is -1.87. The van der Waals surface area contributed by atoms with E-state index in [1.165, 1.54) is 37.5 Å². The summed E-state index contributed by atoms with van der Waals surface area (Å²) >= 11 is 9.81. The minimum Gasteiger partial charge on any atom is -0.493 e. The van der Waals surface area contributed by atoms with Crippen molar-refractivity contribution in [1.82, 2.24) is 5.32 Å². The third-order valence-corrected chi connectivity index (χ3v) is 5.84. The lowest BCUT2D eigenvalue weighted by Gasteiger charge is -2.26. The lowest BCUT2D eigenvalue weighted by atomic mass is 10.1. The van der Waals surface area contributed by atoms with Gasteiger partial charge in [0.1, 0.15) is 18.0 Å². The first-order valence-electron chi connectivity index (χ1n) is 10.2. The van der Waals surface area contributed by atoms with Crippen LogP contribution in [0.1, 0.15) is 11.1 Å². The molecule has 7 nitrogen and oxygen atoms in total. The molecule has 10 heteroatoms. The Balaban J connectivity index is 1.64. The van der Waals surface area contributed by atoms with E-state index in [0.717, 1.165) is 16.1 Å². The van der Waals surface area contributed by atoms with Crippen molar-refractivity contribution in [2.24, 2.45) is 0 Å². The summed E-state index contributed by atoms with van der Waals surface area (Å²) in [7, 11) is 1.43. The zero-order valence-electron chi connectivity index (χ0n) is 18.2. The Labute approximate surface area is 213 Å². The number of carbonyl (C=O) groups is 3. The van der Waals surface area contributed by atoms with Crippen LogP contribution in [0.25, 0.3) is 6.08 Å². The quantitative estimate of drug-likeness (QED) is 0.319. The Morgan fingerprint density at radius 3 is 2.51 bits per heavy atom. The highest BCUT2D eigenvalue weighted by Gasteiger charge is 2.37. The van der Waals surface area contributed by atoms with Crippen molar-refractivity contribution < 1.29 is 28.2 Å². The summed E-state index contributed by atoms with van der Waals surface area (Å²) in [4.78, 5) is 38.4. The molecule has 1 aliphatic heterocycles. The Morgan fingerprint density at radius 2 is 1.83 bits per heavy atom. The Bertz CT molecular complexity index is 1360. The number of rotatable bonds is 6. The summed E-state index contributed by atoms with van der Waals surface area (Å²) in [5, 5.41) is 2.28. The lowest BCUT2D eigenvalue weighted by molar-refractivity contribution is -0.122. The fraction of sp³-hybridized carbons (Fsp3) is 0.0800. The van der Waals surface area contributed by atoms with E-state index in [2.05, 4.69) is 21.2 Å². The molecular formula is C25H17BrClFN2O5. The number of urea groups is 1. The van der Waals surface area contributed by atoms with Crippen molar-refractivity contribution in [2.45, 2.75) is 6.61 Å². The largest absolute Gasteiger partial charge is 0.493 e. The highest BCUT2D eigenvalue weighted by Crippen LogP contribution is 2.38. The van der Waals surface area contributed by atoms with Crippen LogP contribution in [0, 0.1) is 5.82 Å². The first-order chi connectivity index (χ1) is 16.8. The Kier molecular flexibility index (Phi) is 7.18. The Morgan fingerprint density at radius 1 is 1.09 bits per heavy atom. The van der Waals surface area contributed by atoms with E-state index in [1.54, 1.807) is 6.07 Å². The first kappa shape index (κ1) is 24.4. The average Bonchev–Trinajstić information content (AvgIpc) is 2.82. The third kappa shape index (κ3) is 5.36. The molecule has 3 aromatic rings. The van der Waals surface area contributed by atoms with Gasteiger partial charge in [-0.05, 0) is 59.7 Å². The first-order valence-corrected chi connectivity index (χ1v) is 11.4. The van der Waals surface area contributed by atoms with Crippen LogP contribution in [0.4, 0.5) is 14.9 Å². The molecule has 4 rings (SSSR count). The summed E-state index contributed by atoms with van der Waals surface area (Å²) in [6.45, 7) is 0.232. The SMILES string of the molecule is COc1cc(/C=C2\C(=O)NC(=O)N(c3cccc(F)c3)C2=O)cc(Cl)c1OCc1ccc(Br)cc1. The third-order valence-electron chi connectivity index (χ3n) is 5.03. The predicted octanol–water partition coefficient (Wildman–Crippen LogP) is 5.50. The smallest absolute Gasteiger partial charge is 0.335 e. The number of ether oxygens (including phenoxy) is 2. The molecular weight excluding hydrogens is 543 g/mol. The van der Waals surface area contributed by atoms with Gasteiger partial charge in [0.15, 0.2) is 11.5 Å². The zero-order valence-corrected chi connectivity index (χ0v) is 20.5. The maximum atomic E-state index is 13.7. The molecule has 0 unspecified atom stereocenters. The number of carbonyl (C=O) groups excluding carboxylic acids is 3. The van der Waals surface area contributed by atoms with E-state index in [4.69, 9.17) is 21.1 Å². The van der Waals surface area contributed by atoms with Gasteiger partial charge in [-0.15, -0.1) is 0 Å². The van der Waals surface area contributed by atoms with Gasteiger partial charge >= 0.3 is 6.03 Å². The van der Waals surface area contributed by atoms with Crippen LogP contribution in [0.2, 0.25) is 5.02 Å². The molecule has 0 aromatic heterocycles. The van der Waals surface area contributed by atoms with E-state index < -0.39 is 23.7 Å².